The van der Waals surface area contributed by atoms with Gasteiger partial charge in [-0.15, -0.1) is 0 Å². The molecule has 146 valence electrons. The fourth-order valence-electron chi connectivity index (χ4n) is 0.991. The minimum absolute atomic E-state index is 0.148. The van der Waals surface area contributed by atoms with Crippen molar-refractivity contribution in [2.45, 2.75) is 18.9 Å². The van der Waals surface area contributed by atoms with E-state index in [4.69, 9.17) is 15.9 Å². The smallest absolute Gasteiger partial charge is 0.101 e. The third-order valence-electron chi connectivity index (χ3n) is 2.50. The molecule has 9 heteroatoms. The summed E-state index contributed by atoms with van der Waals surface area (Å²) in [7, 11) is 12.3. The van der Waals surface area contributed by atoms with Gasteiger partial charge in [-0.25, -0.2) is 0 Å². The molecule has 0 bridgehead atoms. The van der Waals surface area contributed by atoms with Crippen LogP contribution in [0, 0.1) is 0 Å². The molecule has 0 spiro atoms. The first-order valence-corrected chi connectivity index (χ1v) is 7.65. The maximum Gasteiger partial charge on any atom is 0.101 e. The van der Waals surface area contributed by atoms with Crippen molar-refractivity contribution in [2.75, 3.05) is 68.6 Å². The Morgan fingerprint density at radius 1 is 0.917 bits per heavy atom. The summed E-state index contributed by atoms with van der Waals surface area (Å²) in [5, 5.41) is 36.4. The molecule has 4 N–H and O–H groups in total. The number of hydrogen-bond acceptors (Lipinski definition) is 7. The molecule has 24 heavy (non-hydrogen) atoms. The quantitative estimate of drug-likeness (QED) is 0.376. The van der Waals surface area contributed by atoms with Crippen molar-refractivity contribution >= 4 is 11.9 Å². The van der Waals surface area contributed by atoms with Gasteiger partial charge in [0.15, 0.2) is 0 Å². The lowest BCUT2D eigenvalue weighted by Crippen LogP contribution is -2.42. The van der Waals surface area contributed by atoms with Crippen molar-refractivity contribution < 1.29 is 39.0 Å². The van der Waals surface area contributed by atoms with Crippen molar-refractivity contribution in [1.82, 2.24) is 0 Å². The van der Waals surface area contributed by atoms with Crippen molar-refractivity contribution in [1.29, 1.82) is 0 Å². The molecule has 0 aromatic rings. The van der Waals surface area contributed by atoms with Gasteiger partial charge in [-0.05, 0) is 12.8 Å². The van der Waals surface area contributed by atoms with E-state index in [1.807, 2.05) is 0 Å². The summed E-state index contributed by atoms with van der Waals surface area (Å²) < 4.78 is 1.69. The van der Waals surface area contributed by atoms with E-state index in [1.165, 1.54) is 0 Å². The largest absolute Gasteiger partial charge is 0.550 e. The number of carbonyl (C=O) groups is 2. The number of nitrogens with two attached hydrogens (primary N) is 1. The molecular weight excluding hydrogens is 318 g/mol. The molecule has 1 unspecified atom stereocenters. The predicted octanol–water partition coefficient (Wildman–Crippen LogP) is -4.04. The fourth-order valence-corrected chi connectivity index (χ4v) is 0.991. The average Bonchev–Trinajstić information content (AvgIpc) is 2.34. The van der Waals surface area contributed by atoms with Gasteiger partial charge in [-0.1, -0.05) is 0 Å². The van der Waals surface area contributed by atoms with Gasteiger partial charge in [0.1, 0.15) is 13.1 Å². The fraction of sp³-hybridized carbons (Fsp3) is 0.867. The van der Waals surface area contributed by atoms with Crippen molar-refractivity contribution in [3.05, 3.63) is 0 Å². The van der Waals surface area contributed by atoms with Gasteiger partial charge in [0.2, 0.25) is 0 Å². The zero-order valence-corrected chi connectivity index (χ0v) is 15.8. The van der Waals surface area contributed by atoms with Crippen LogP contribution >= 0.6 is 0 Å². The van der Waals surface area contributed by atoms with Gasteiger partial charge in [0, 0.05) is 12.0 Å². The molecule has 0 aliphatic heterocycles. The molecule has 0 aromatic carbocycles. The number of quaternary nitrogens is 2. The second-order valence-corrected chi connectivity index (χ2v) is 7.31. The zero-order valence-electron chi connectivity index (χ0n) is 15.8. The van der Waals surface area contributed by atoms with Crippen molar-refractivity contribution in [2.24, 2.45) is 5.73 Å². The Kier molecular flexibility index (Phi) is 16.2. The highest BCUT2D eigenvalue weighted by Crippen LogP contribution is 1.90. The van der Waals surface area contributed by atoms with Crippen LogP contribution in [0.5, 0.6) is 0 Å². The summed E-state index contributed by atoms with van der Waals surface area (Å²) in [4.78, 5) is 19.6. The molecule has 0 amide bonds. The van der Waals surface area contributed by atoms with E-state index in [2.05, 4.69) is 42.3 Å². The number of carbonyl (C=O) groups excluding carboxylic acids is 2. The van der Waals surface area contributed by atoms with E-state index in [1.54, 1.807) is 0 Å². The normalized spacial score (nSPS) is 12.2. The third-order valence-corrected chi connectivity index (χ3v) is 2.50. The SMILES string of the molecule is C[N+](C)(C)CCO.C[N+](C)(C)CCO.NC(CCC(=O)[O-])C(=O)[O-]. The average molecular weight is 353 g/mol. The number of aliphatic carboxylic acids is 2. The lowest BCUT2D eigenvalue weighted by atomic mass is 10.2. The molecule has 0 saturated heterocycles. The van der Waals surface area contributed by atoms with Crippen LogP contribution in [-0.2, 0) is 9.59 Å². The van der Waals surface area contributed by atoms with Gasteiger partial charge in [0.05, 0.1) is 61.5 Å². The molecular formula is C15H35N3O6. The van der Waals surface area contributed by atoms with E-state index in [-0.39, 0.29) is 26.1 Å². The third kappa shape index (κ3) is 32.6. The topological polar surface area (TPSA) is 147 Å². The van der Waals surface area contributed by atoms with Gasteiger partial charge in [-0.3, -0.25) is 0 Å². The Morgan fingerprint density at radius 3 is 1.38 bits per heavy atom. The Bertz CT molecular complexity index is 321. The molecule has 9 nitrogen and oxygen atoms in total. The van der Waals surface area contributed by atoms with E-state index in [9.17, 15) is 19.8 Å². The van der Waals surface area contributed by atoms with Crippen LogP contribution in [0.15, 0.2) is 0 Å². The second-order valence-electron chi connectivity index (χ2n) is 7.31. The monoisotopic (exact) mass is 353 g/mol. The molecule has 0 radical (unpaired) electrons. The highest BCUT2D eigenvalue weighted by Gasteiger charge is 2.03. The number of nitrogens with zero attached hydrogens (tertiary/aromatic N) is 2. The highest BCUT2D eigenvalue weighted by atomic mass is 16.4. The first-order chi connectivity index (χ1) is 10.7. The maximum atomic E-state index is 9.86. The lowest BCUT2D eigenvalue weighted by molar-refractivity contribution is -0.870. The van der Waals surface area contributed by atoms with Crippen LogP contribution in [0.2, 0.25) is 0 Å². The molecule has 0 heterocycles. The summed E-state index contributed by atoms with van der Waals surface area (Å²) in [5.74, 6) is -2.75. The van der Waals surface area contributed by atoms with E-state index in [0.717, 1.165) is 22.1 Å². The van der Waals surface area contributed by atoms with Crippen molar-refractivity contribution in [3.8, 4) is 0 Å². The Morgan fingerprint density at radius 2 is 1.25 bits per heavy atom. The number of rotatable bonds is 8. The van der Waals surface area contributed by atoms with Gasteiger partial charge < -0.3 is 44.7 Å². The van der Waals surface area contributed by atoms with Crippen LogP contribution in [0.4, 0.5) is 0 Å². The Labute approximate surface area is 145 Å². The zero-order chi connectivity index (χ0) is 20.0. The van der Waals surface area contributed by atoms with E-state index in [0.29, 0.717) is 0 Å². The van der Waals surface area contributed by atoms with Crippen LogP contribution in [0.1, 0.15) is 12.8 Å². The van der Waals surface area contributed by atoms with Crippen LogP contribution < -0.4 is 15.9 Å². The summed E-state index contributed by atoms with van der Waals surface area (Å²) in [6.07, 6.45) is -0.500. The van der Waals surface area contributed by atoms with Crippen molar-refractivity contribution in [3.63, 3.8) is 0 Å². The molecule has 0 aromatic heterocycles. The summed E-state index contributed by atoms with van der Waals surface area (Å²) in [6.45, 7) is 2.23. The maximum absolute atomic E-state index is 9.86. The van der Waals surface area contributed by atoms with Crippen LogP contribution in [0.3, 0.4) is 0 Å². The van der Waals surface area contributed by atoms with Gasteiger partial charge >= 0.3 is 0 Å². The second kappa shape index (κ2) is 14.1. The minimum Gasteiger partial charge on any atom is -0.550 e. The molecule has 0 aliphatic rings. The molecule has 0 rings (SSSR count). The number of likely N-dealkylation sites (N-methyl/N-ethyl adjacent to an activating group) is 2. The first-order valence-electron chi connectivity index (χ1n) is 7.65. The molecule has 0 aliphatic carbocycles. The Balaban J connectivity index is -0.000000283. The molecule has 1 atom stereocenters. The van der Waals surface area contributed by atoms with E-state index < -0.39 is 18.0 Å². The number of aliphatic hydroxyl groups is 2. The molecule has 0 fully saturated rings. The standard InChI is InChI=1S/C5H9NO4.2C5H14NO/c6-3(5(9)10)1-2-4(7)8;2*1-6(2,3)4-5-7/h3H,1-2,6H2,(H,7,8)(H,9,10);2*7H,4-5H2,1-3H3/q;2*+1/p-2. The molecule has 0 saturated carbocycles. The summed E-state index contributed by atoms with van der Waals surface area (Å²) >= 11 is 0. The van der Waals surface area contributed by atoms with Gasteiger partial charge in [0.25, 0.3) is 0 Å². The van der Waals surface area contributed by atoms with E-state index >= 15 is 0 Å². The number of carboxylic acid groups (broad SMARTS) is 2. The van der Waals surface area contributed by atoms with Gasteiger partial charge in [-0.2, -0.15) is 0 Å². The van der Waals surface area contributed by atoms with Crippen LogP contribution in [-0.4, -0.2) is 106 Å². The lowest BCUT2D eigenvalue weighted by Gasteiger charge is -2.21. The number of carboxylic acids is 2. The highest BCUT2D eigenvalue weighted by molar-refractivity contribution is 5.72. The number of hydrogen-bond donors (Lipinski definition) is 3. The predicted molar refractivity (Wildman–Crippen MR) is 87.2 cm³/mol. The summed E-state index contributed by atoms with van der Waals surface area (Å²) in [6, 6.07) is -1.21. The summed E-state index contributed by atoms with van der Waals surface area (Å²) in [5.41, 5.74) is 4.91. The van der Waals surface area contributed by atoms with Crippen LogP contribution in [0.25, 0.3) is 0 Å². The number of aliphatic hydroxyl groups excluding tert-OH is 2. The Hall–Kier alpha value is -1.26. The minimum atomic E-state index is -1.44. The first kappa shape index (κ1) is 27.6.